The maximum absolute atomic E-state index is 12.1. The van der Waals surface area contributed by atoms with Crippen LogP contribution in [0.3, 0.4) is 0 Å². The average molecular weight is 250 g/mol. The van der Waals surface area contributed by atoms with E-state index in [-0.39, 0.29) is 17.9 Å². The number of aromatic amines is 1. The molecule has 100 valence electrons. The number of aliphatic hydroxyl groups is 1. The van der Waals surface area contributed by atoms with E-state index in [2.05, 4.69) is 24.1 Å². The Labute approximate surface area is 108 Å². The second kappa shape index (κ2) is 4.76. The monoisotopic (exact) mass is 250 g/mol. The lowest BCUT2D eigenvalue weighted by atomic mass is 9.68. The highest BCUT2D eigenvalue weighted by Crippen LogP contribution is 2.40. The summed E-state index contributed by atoms with van der Waals surface area (Å²) in [6.07, 6.45) is 4.53. The van der Waals surface area contributed by atoms with Gasteiger partial charge in [0.1, 0.15) is 0 Å². The zero-order valence-corrected chi connectivity index (χ0v) is 11.1. The molecule has 1 amide bonds. The number of carbonyl (C=O) groups excluding carboxylic acids is 1. The minimum absolute atomic E-state index is 0.00381. The molecule has 0 unspecified atom stereocenters. The number of hydrogen-bond acceptors (Lipinski definition) is 2. The maximum atomic E-state index is 12.1. The smallest absolute Gasteiger partial charge is 0.228 e. The fourth-order valence-corrected chi connectivity index (χ4v) is 2.40. The van der Waals surface area contributed by atoms with E-state index in [0.29, 0.717) is 6.54 Å². The fraction of sp³-hybridized carbons (Fsp3) is 0.643. The standard InChI is InChI=1S/C14H22N2O2/c1-13(2,11-5-3-8-15-11)9-16-12(18)14(10-17)6-4-7-14/h3,5,8,15,17H,4,6-7,9-10H2,1-2H3,(H,16,18). The lowest BCUT2D eigenvalue weighted by molar-refractivity contribution is -0.139. The van der Waals surface area contributed by atoms with Crippen LogP contribution in [-0.4, -0.2) is 29.1 Å². The van der Waals surface area contributed by atoms with Gasteiger partial charge in [0.2, 0.25) is 5.91 Å². The highest BCUT2D eigenvalue weighted by molar-refractivity contribution is 5.83. The Bertz CT molecular complexity index is 400. The van der Waals surface area contributed by atoms with E-state index in [0.717, 1.165) is 25.0 Å². The fourth-order valence-electron chi connectivity index (χ4n) is 2.40. The van der Waals surface area contributed by atoms with Crippen LogP contribution in [0.5, 0.6) is 0 Å². The molecule has 1 aliphatic rings. The minimum atomic E-state index is -0.508. The maximum Gasteiger partial charge on any atom is 0.228 e. The molecule has 1 heterocycles. The second-order valence-corrected chi connectivity index (χ2v) is 5.94. The molecule has 0 saturated heterocycles. The molecule has 0 radical (unpaired) electrons. The van der Waals surface area contributed by atoms with Gasteiger partial charge < -0.3 is 15.4 Å². The Morgan fingerprint density at radius 1 is 1.56 bits per heavy atom. The highest BCUT2D eigenvalue weighted by atomic mass is 16.3. The van der Waals surface area contributed by atoms with Crippen LogP contribution in [0.1, 0.15) is 38.8 Å². The summed E-state index contributed by atoms with van der Waals surface area (Å²) in [5.74, 6) is -0.00381. The number of carbonyl (C=O) groups is 1. The zero-order chi connectivity index (χ0) is 13.2. The quantitative estimate of drug-likeness (QED) is 0.742. The highest BCUT2D eigenvalue weighted by Gasteiger charge is 2.43. The Hall–Kier alpha value is -1.29. The SMILES string of the molecule is CC(C)(CNC(=O)C1(CO)CCC1)c1ccc[nH]1. The van der Waals surface area contributed by atoms with Crippen LogP contribution in [-0.2, 0) is 10.2 Å². The summed E-state index contributed by atoms with van der Waals surface area (Å²) in [6, 6.07) is 3.98. The van der Waals surface area contributed by atoms with Gasteiger partial charge in [-0.25, -0.2) is 0 Å². The third-order valence-corrected chi connectivity index (χ3v) is 4.11. The first-order valence-corrected chi connectivity index (χ1v) is 6.53. The van der Waals surface area contributed by atoms with E-state index in [1.807, 2.05) is 18.3 Å². The molecule has 2 rings (SSSR count). The summed E-state index contributed by atoms with van der Waals surface area (Å²) >= 11 is 0. The van der Waals surface area contributed by atoms with Crippen molar-refractivity contribution in [3.05, 3.63) is 24.0 Å². The third-order valence-electron chi connectivity index (χ3n) is 4.11. The first-order valence-electron chi connectivity index (χ1n) is 6.53. The van der Waals surface area contributed by atoms with Crippen LogP contribution < -0.4 is 5.32 Å². The largest absolute Gasteiger partial charge is 0.395 e. The van der Waals surface area contributed by atoms with Crippen molar-refractivity contribution in [2.75, 3.05) is 13.2 Å². The molecule has 0 spiro atoms. The van der Waals surface area contributed by atoms with Gasteiger partial charge in [0.15, 0.2) is 0 Å². The number of aromatic nitrogens is 1. The van der Waals surface area contributed by atoms with Crippen LogP contribution in [0.15, 0.2) is 18.3 Å². The molecule has 1 aliphatic carbocycles. The first kappa shape index (κ1) is 13.1. The molecule has 4 heteroatoms. The molecule has 0 aromatic carbocycles. The lowest BCUT2D eigenvalue weighted by Crippen LogP contribution is -2.50. The van der Waals surface area contributed by atoms with Gasteiger partial charge >= 0.3 is 0 Å². The molecular weight excluding hydrogens is 228 g/mol. The summed E-state index contributed by atoms with van der Waals surface area (Å²) in [4.78, 5) is 15.3. The molecule has 1 aromatic heterocycles. The van der Waals surface area contributed by atoms with Gasteiger partial charge in [0, 0.05) is 23.9 Å². The normalized spacial score (nSPS) is 18.2. The van der Waals surface area contributed by atoms with Crippen molar-refractivity contribution in [3.8, 4) is 0 Å². The van der Waals surface area contributed by atoms with Crippen LogP contribution in [0.2, 0.25) is 0 Å². The summed E-state index contributed by atoms with van der Waals surface area (Å²) in [5.41, 5.74) is 0.472. The van der Waals surface area contributed by atoms with E-state index in [1.54, 1.807) is 0 Å². The number of H-pyrrole nitrogens is 1. The first-order chi connectivity index (χ1) is 8.50. The summed E-state index contributed by atoms with van der Waals surface area (Å²) in [7, 11) is 0. The lowest BCUT2D eigenvalue weighted by Gasteiger charge is -2.39. The molecular formula is C14H22N2O2. The molecule has 0 aliphatic heterocycles. The van der Waals surface area contributed by atoms with Gasteiger partial charge in [-0.05, 0) is 25.0 Å². The van der Waals surface area contributed by atoms with Gasteiger partial charge in [0.05, 0.1) is 12.0 Å². The van der Waals surface area contributed by atoms with Crippen molar-refractivity contribution < 1.29 is 9.90 Å². The Balaban J connectivity index is 1.93. The third kappa shape index (κ3) is 2.29. The van der Waals surface area contributed by atoms with E-state index < -0.39 is 5.41 Å². The number of nitrogens with one attached hydrogen (secondary N) is 2. The molecule has 4 nitrogen and oxygen atoms in total. The zero-order valence-electron chi connectivity index (χ0n) is 11.1. The van der Waals surface area contributed by atoms with Crippen molar-refractivity contribution in [2.24, 2.45) is 5.41 Å². The molecule has 18 heavy (non-hydrogen) atoms. The predicted octanol–water partition coefficient (Wildman–Crippen LogP) is 1.57. The van der Waals surface area contributed by atoms with Gasteiger partial charge in [-0.15, -0.1) is 0 Å². The number of rotatable bonds is 5. The van der Waals surface area contributed by atoms with E-state index in [1.165, 1.54) is 0 Å². The summed E-state index contributed by atoms with van der Waals surface area (Å²) < 4.78 is 0. The molecule has 1 aromatic rings. The molecule has 3 N–H and O–H groups in total. The molecule has 1 fully saturated rings. The van der Waals surface area contributed by atoms with Crippen molar-refractivity contribution in [1.29, 1.82) is 0 Å². The van der Waals surface area contributed by atoms with Crippen molar-refractivity contribution in [3.63, 3.8) is 0 Å². The van der Waals surface area contributed by atoms with Gasteiger partial charge in [-0.1, -0.05) is 20.3 Å². The van der Waals surface area contributed by atoms with Crippen molar-refractivity contribution in [2.45, 2.75) is 38.5 Å². The Morgan fingerprint density at radius 2 is 2.28 bits per heavy atom. The Morgan fingerprint density at radius 3 is 2.72 bits per heavy atom. The molecule has 1 saturated carbocycles. The van der Waals surface area contributed by atoms with Crippen LogP contribution >= 0.6 is 0 Å². The predicted molar refractivity (Wildman–Crippen MR) is 70.2 cm³/mol. The number of hydrogen-bond donors (Lipinski definition) is 3. The van der Waals surface area contributed by atoms with Gasteiger partial charge in [0.25, 0.3) is 0 Å². The summed E-state index contributed by atoms with van der Waals surface area (Å²) in [5, 5.41) is 12.3. The van der Waals surface area contributed by atoms with E-state index in [9.17, 15) is 9.90 Å². The van der Waals surface area contributed by atoms with Gasteiger partial charge in [-0.2, -0.15) is 0 Å². The number of amides is 1. The molecule has 0 atom stereocenters. The van der Waals surface area contributed by atoms with Gasteiger partial charge in [-0.3, -0.25) is 4.79 Å². The summed E-state index contributed by atoms with van der Waals surface area (Å²) in [6.45, 7) is 4.72. The van der Waals surface area contributed by atoms with Crippen LogP contribution in [0.25, 0.3) is 0 Å². The molecule has 0 bridgehead atoms. The second-order valence-electron chi connectivity index (χ2n) is 5.94. The van der Waals surface area contributed by atoms with E-state index >= 15 is 0 Å². The minimum Gasteiger partial charge on any atom is -0.395 e. The van der Waals surface area contributed by atoms with Crippen LogP contribution in [0.4, 0.5) is 0 Å². The van der Waals surface area contributed by atoms with Crippen LogP contribution in [0, 0.1) is 5.41 Å². The van der Waals surface area contributed by atoms with Crippen molar-refractivity contribution >= 4 is 5.91 Å². The number of aliphatic hydroxyl groups excluding tert-OH is 1. The van der Waals surface area contributed by atoms with E-state index in [4.69, 9.17) is 0 Å². The topological polar surface area (TPSA) is 65.1 Å². The Kier molecular flexibility index (Phi) is 3.48. The average Bonchev–Trinajstić information content (AvgIpc) is 2.80. The van der Waals surface area contributed by atoms with Crippen molar-refractivity contribution in [1.82, 2.24) is 10.3 Å².